The Hall–Kier alpha value is -1.55. The van der Waals surface area contributed by atoms with E-state index < -0.39 is 0 Å². The smallest absolute Gasteiger partial charge is 0.253 e. The highest BCUT2D eigenvalue weighted by Crippen LogP contribution is 2.31. The summed E-state index contributed by atoms with van der Waals surface area (Å²) in [6.45, 7) is 2.70. The molecule has 0 aromatic heterocycles. The van der Waals surface area contributed by atoms with Crippen LogP contribution in [0.3, 0.4) is 0 Å². The number of nitrogens with zero attached hydrogens (tertiary/aromatic N) is 2. The van der Waals surface area contributed by atoms with Crippen molar-refractivity contribution in [2.24, 2.45) is 0 Å². The van der Waals surface area contributed by atoms with Gasteiger partial charge in [0.2, 0.25) is 0 Å². The van der Waals surface area contributed by atoms with Gasteiger partial charge in [-0.15, -0.1) is 0 Å². The SMILES string of the molecule is CN(CC(c1ccc(Cl)c(Cl)c1)N1CCCC1)C(=O)c1ccccc1. The standard InChI is InChI=1S/C20H22Cl2N2O/c1-23(20(25)15-7-3-2-4-8-15)14-19(24-11-5-6-12-24)16-9-10-17(21)18(22)13-16/h2-4,7-10,13,19H,5-6,11-12,14H2,1H3. The molecule has 1 atom stereocenters. The highest BCUT2D eigenvalue weighted by molar-refractivity contribution is 6.42. The van der Waals surface area contributed by atoms with Gasteiger partial charge in [-0.1, -0.05) is 47.5 Å². The fourth-order valence-corrected chi connectivity index (χ4v) is 3.65. The summed E-state index contributed by atoms with van der Waals surface area (Å²) < 4.78 is 0. The second kappa shape index (κ2) is 8.22. The molecule has 5 heteroatoms. The van der Waals surface area contributed by atoms with Gasteiger partial charge in [-0.05, 0) is 55.8 Å². The first-order valence-electron chi connectivity index (χ1n) is 8.56. The first-order valence-corrected chi connectivity index (χ1v) is 9.31. The van der Waals surface area contributed by atoms with Crippen LogP contribution in [0.15, 0.2) is 48.5 Å². The Kier molecular flexibility index (Phi) is 6.00. The molecular formula is C20H22Cl2N2O. The van der Waals surface area contributed by atoms with E-state index in [-0.39, 0.29) is 11.9 Å². The van der Waals surface area contributed by atoms with Gasteiger partial charge in [0, 0.05) is 19.2 Å². The minimum atomic E-state index is 0.0323. The summed E-state index contributed by atoms with van der Waals surface area (Å²) in [5.74, 6) is 0.0323. The fraction of sp³-hybridized carbons (Fsp3) is 0.350. The van der Waals surface area contributed by atoms with Crippen molar-refractivity contribution in [1.82, 2.24) is 9.80 Å². The van der Waals surface area contributed by atoms with Gasteiger partial charge in [-0.25, -0.2) is 0 Å². The number of hydrogen-bond acceptors (Lipinski definition) is 2. The third kappa shape index (κ3) is 4.35. The number of likely N-dealkylation sites (tertiary alicyclic amines) is 1. The molecule has 3 rings (SSSR count). The quantitative estimate of drug-likeness (QED) is 0.740. The van der Waals surface area contributed by atoms with E-state index >= 15 is 0 Å². The lowest BCUT2D eigenvalue weighted by molar-refractivity contribution is 0.0743. The third-order valence-corrected chi connectivity index (χ3v) is 5.46. The Balaban J connectivity index is 1.82. The van der Waals surface area contributed by atoms with Crippen LogP contribution in [0.25, 0.3) is 0 Å². The van der Waals surface area contributed by atoms with Crippen LogP contribution in [0.2, 0.25) is 10.0 Å². The number of carbonyl (C=O) groups is 1. The zero-order chi connectivity index (χ0) is 17.8. The molecule has 0 bridgehead atoms. The van der Waals surface area contributed by atoms with E-state index in [0.29, 0.717) is 22.2 Å². The summed E-state index contributed by atoms with van der Waals surface area (Å²) in [6.07, 6.45) is 2.38. The van der Waals surface area contributed by atoms with Crippen molar-refractivity contribution < 1.29 is 4.79 Å². The second-order valence-electron chi connectivity index (χ2n) is 6.48. The van der Waals surface area contributed by atoms with E-state index in [9.17, 15) is 4.79 Å². The monoisotopic (exact) mass is 376 g/mol. The van der Waals surface area contributed by atoms with Gasteiger partial charge in [-0.2, -0.15) is 0 Å². The van der Waals surface area contributed by atoms with E-state index in [1.54, 1.807) is 4.90 Å². The predicted molar refractivity (Wildman–Crippen MR) is 103 cm³/mol. The van der Waals surface area contributed by atoms with Gasteiger partial charge in [0.15, 0.2) is 0 Å². The third-order valence-electron chi connectivity index (χ3n) is 4.72. The van der Waals surface area contributed by atoms with Crippen LogP contribution in [-0.4, -0.2) is 42.4 Å². The predicted octanol–water partition coefficient (Wildman–Crippen LogP) is 4.90. The topological polar surface area (TPSA) is 23.6 Å². The van der Waals surface area contributed by atoms with E-state index in [0.717, 1.165) is 18.7 Å². The van der Waals surface area contributed by atoms with Gasteiger partial charge in [-0.3, -0.25) is 9.69 Å². The fourth-order valence-electron chi connectivity index (χ4n) is 3.35. The molecule has 1 aliphatic rings. The van der Waals surface area contributed by atoms with Crippen LogP contribution in [-0.2, 0) is 0 Å². The second-order valence-corrected chi connectivity index (χ2v) is 7.30. The summed E-state index contributed by atoms with van der Waals surface area (Å²) in [6, 6.07) is 15.3. The molecule has 2 aromatic rings. The molecular weight excluding hydrogens is 355 g/mol. The molecule has 1 fully saturated rings. The van der Waals surface area contributed by atoms with Crippen LogP contribution in [0.4, 0.5) is 0 Å². The minimum absolute atomic E-state index is 0.0323. The van der Waals surface area contributed by atoms with Gasteiger partial charge >= 0.3 is 0 Å². The lowest BCUT2D eigenvalue weighted by Gasteiger charge is -2.32. The van der Waals surface area contributed by atoms with Gasteiger partial charge in [0.05, 0.1) is 16.1 Å². The Morgan fingerprint density at radius 3 is 2.40 bits per heavy atom. The summed E-state index contributed by atoms with van der Waals surface area (Å²) in [5.41, 5.74) is 1.81. The van der Waals surface area contributed by atoms with E-state index in [4.69, 9.17) is 23.2 Å². The van der Waals surface area contributed by atoms with E-state index in [2.05, 4.69) is 4.90 Å². The first kappa shape index (κ1) is 18.2. The van der Waals surface area contributed by atoms with Crippen LogP contribution >= 0.6 is 23.2 Å². The maximum absolute atomic E-state index is 12.7. The lowest BCUT2D eigenvalue weighted by atomic mass is 10.0. The highest BCUT2D eigenvalue weighted by Gasteiger charge is 2.26. The Bertz CT molecular complexity index is 730. The Morgan fingerprint density at radius 2 is 1.76 bits per heavy atom. The molecule has 132 valence electrons. The molecule has 0 radical (unpaired) electrons. The summed E-state index contributed by atoms with van der Waals surface area (Å²) >= 11 is 12.3. The zero-order valence-corrected chi connectivity index (χ0v) is 15.8. The van der Waals surface area contributed by atoms with Crippen molar-refractivity contribution in [2.45, 2.75) is 18.9 Å². The Morgan fingerprint density at radius 1 is 1.08 bits per heavy atom. The first-order chi connectivity index (χ1) is 12.1. The number of hydrogen-bond donors (Lipinski definition) is 0. The van der Waals surface area contributed by atoms with Crippen molar-refractivity contribution >= 4 is 29.1 Å². The number of rotatable bonds is 5. The molecule has 1 aliphatic heterocycles. The van der Waals surface area contributed by atoms with Crippen molar-refractivity contribution in [2.75, 3.05) is 26.7 Å². The largest absolute Gasteiger partial charge is 0.340 e. The van der Waals surface area contributed by atoms with E-state index in [1.165, 1.54) is 12.8 Å². The number of likely N-dealkylation sites (N-methyl/N-ethyl adjacent to an activating group) is 1. The average molecular weight is 377 g/mol. The maximum atomic E-state index is 12.7. The van der Waals surface area contributed by atoms with Crippen LogP contribution in [0, 0.1) is 0 Å². The normalized spacial score (nSPS) is 16.0. The van der Waals surface area contributed by atoms with Gasteiger partial charge in [0.25, 0.3) is 5.91 Å². The number of amides is 1. The molecule has 1 unspecified atom stereocenters. The van der Waals surface area contributed by atoms with Crippen LogP contribution < -0.4 is 0 Å². The lowest BCUT2D eigenvalue weighted by Crippen LogP contribution is -2.38. The molecule has 1 heterocycles. The van der Waals surface area contributed by atoms with Crippen molar-refractivity contribution in [3.63, 3.8) is 0 Å². The summed E-state index contributed by atoms with van der Waals surface area (Å²) in [5, 5.41) is 1.11. The number of halogens is 2. The molecule has 1 amide bonds. The van der Waals surface area contributed by atoms with Gasteiger partial charge < -0.3 is 4.90 Å². The molecule has 0 spiro atoms. The molecule has 0 saturated carbocycles. The van der Waals surface area contributed by atoms with Gasteiger partial charge in [0.1, 0.15) is 0 Å². The molecule has 0 aliphatic carbocycles. The molecule has 25 heavy (non-hydrogen) atoms. The van der Waals surface area contributed by atoms with Crippen LogP contribution in [0.1, 0.15) is 34.8 Å². The number of carbonyl (C=O) groups excluding carboxylic acids is 1. The Labute approximate surface area is 159 Å². The van der Waals surface area contributed by atoms with Crippen molar-refractivity contribution in [3.8, 4) is 0 Å². The van der Waals surface area contributed by atoms with Crippen molar-refractivity contribution in [3.05, 3.63) is 69.7 Å². The molecule has 3 nitrogen and oxygen atoms in total. The van der Waals surface area contributed by atoms with E-state index in [1.807, 2.05) is 55.6 Å². The minimum Gasteiger partial charge on any atom is -0.340 e. The molecule has 2 aromatic carbocycles. The maximum Gasteiger partial charge on any atom is 0.253 e. The highest BCUT2D eigenvalue weighted by atomic mass is 35.5. The van der Waals surface area contributed by atoms with Crippen molar-refractivity contribution in [1.29, 1.82) is 0 Å². The molecule has 1 saturated heterocycles. The van der Waals surface area contributed by atoms with Crippen LogP contribution in [0.5, 0.6) is 0 Å². The average Bonchev–Trinajstić information content (AvgIpc) is 3.16. The number of benzene rings is 2. The zero-order valence-electron chi connectivity index (χ0n) is 14.3. The molecule has 0 N–H and O–H groups in total. The summed E-state index contributed by atoms with van der Waals surface area (Å²) in [7, 11) is 1.86. The summed E-state index contributed by atoms with van der Waals surface area (Å²) in [4.78, 5) is 16.9.